The summed E-state index contributed by atoms with van der Waals surface area (Å²) in [5, 5.41) is 0. The quantitative estimate of drug-likeness (QED) is 0.381. The van der Waals surface area contributed by atoms with Crippen molar-refractivity contribution in [3.05, 3.63) is 11.1 Å². The molecule has 2 unspecified atom stereocenters. The van der Waals surface area contributed by atoms with E-state index < -0.39 is 40.6 Å². The van der Waals surface area contributed by atoms with E-state index in [4.69, 9.17) is 18.9 Å². The second-order valence-electron chi connectivity index (χ2n) is 6.64. The van der Waals surface area contributed by atoms with Crippen molar-refractivity contribution >= 4 is 23.7 Å². The zero-order chi connectivity index (χ0) is 19.8. The summed E-state index contributed by atoms with van der Waals surface area (Å²) < 4.78 is 20.9. The number of carbonyl (C=O) groups is 4. The number of fused-ring (bicyclic) bond motifs is 1. The third kappa shape index (κ3) is 2.60. The summed E-state index contributed by atoms with van der Waals surface area (Å²) in [6, 6.07) is 0. The van der Waals surface area contributed by atoms with Gasteiger partial charge in [0.25, 0.3) is 5.60 Å². The summed E-state index contributed by atoms with van der Waals surface area (Å²) in [6.07, 6.45) is 1.86. The normalized spacial score (nSPS) is 30.4. The Morgan fingerprint density at radius 3 is 2.37 bits per heavy atom. The average molecular weight is 381 g/mol. The molecule has 27 heavy (non-hydrogen) atoms. The molecule has 148 valence electrons. The molecular weight excluding hydrogens is 358 g/mol. The van der Waals surface area contributed by atoms with Gasteiger partial charge in [0.15, 0.2) is 11.5 Å². The van der Waals surface area contributed by atoms with E-state index in [1.54, 1.807) is 6.92 Å². The van der Waals surface area contributed by atoms with Gasteiger partial charge in [-0.25, -0.2) is 14.4 Å². The van der Waals surface area contributed by atoms with Gasteiger partial charge in [-0.05, 0) is 26.2 Å². The van der Waals surface area contributed by atoms with Crippen molar-refractivity contribution in [3.8, 4) is 0 Å². The molecule has 0 amide bonds. The zero-order valence-electron chi connectivity index (χ0n) is 15.7. The van der Waals surface area contributed by atoms with Crippen molar-refractivity contribution in [3.63, 3.8) is 0 Å². The van der Waals surface area contributed by atoms with Gasteiger partial charge < -0.3 is 18.9 Å². The first-order valence-electron chi connectivity index (χ1n) is 8.96. The van der Waals surface area contributed by atoms with Crippen LogP contribution in [-0.4, -0.2) is 73.8 Å². The molecule has 2 atom stereocenters. The number of ketones is 1. The SMILES string of the molecule is CCOC(=O)C12OC3(CCCCN3CCC1=O)C(C(=O)OC)=C2C(=O)OC. The molecule has 2 saturated heterocycles. The molecule has 0 aromatic rings. The van der Waals surface area contributed by atoms with Crippen molar-refractivity contribution in [1.82, 2.24) is 4.90 Å². The van der Waals surface area contributed by atoms with E-state index in [2.05, 4.69) is 0 Å². The van der Waals surface area contributed by atoms with Gasteiger partial charge in [0.05, 0.1) is 26.4 Å². The second kappa shape index (κ2) is 7.05. The van der Waals surface area contributed by atoms with Crippen molar-refractivity contribution in [2.24, 2.45) is 0 Å². The number of carbonyl (C=O) groups excluding carboxylic acids is 4. The Balaban J connectivity index is 2.35. The minimum atomic E-state index is -2.32. The predicted molar refractivity (Wildman–Crippen MR) is 89.3 cm³/mol. The van der Waals surface area contributed by atoms with Crippen LogP contribution in [0, 0.1) is 0 Å². The van der Waals surface area contributed by atoms with Gasteiger partial charge in [0.1, 0.15) is 5.57 Å². The lowest BCUT2D eigenvalue weighted by Crippen LogP contribution is -2.56. The van der Waals surface area contributed by atoms with Gasteiger partial charge in [0.2, 0.25) is 0 Å². The lowest BCUT2D eigenvalue weighted by molar-refractivity contribution is -0.203. The fourth-order valence-corrected chi connectivity index (χ4v) is 4.23. The van der Waals surface area contributed by atoms with Crippen LogP contribution in [0.2, 0.25) is 0 Å². The van der Waals surface area contributed by atoms with E-state index in [9.17, 15) is 19.2 Å². The molecule has 0 aromatic heterocycles. The van der Waals surface area contributed by atoms with Crippen LogP contribution >= 0.6 is 0 Å². The highest BCUT2D eigenvalue weighted by Crippen LogP contribution is 2.52. The Kier molecular flexibility index (Phi) is 5.09. The summed E-state index contributed by atoms with van der Waals surface area (Å²) in [5.74, 6) is -3.46. The number of rotatable bonds is 4. The van der Waals surface area contributed by atoms with Crippen LogP contribution in [0.3, 0.4) is 0 Å². The highest BCUT2D eigenvalue weighted by molar-refractivity contribution is 6.21. The van der Waals surface area contributed by atoms with E-state index in [1.165, 1.54) is 7.11 Å². The monoisotopic (exact) mass is 381 g/mol. The first-order valence-corrected chi connectivity index (χ1v) is 8.96. The number of ether oxygens (including phenoxy) is 4. The van der Waals surface area contributed by atoms with Crippen LogP contribution in [0.1, 0.15) is 32.6 Å². The molecule has 3 heterocycles. The lowest BCUT2D eigenvalue weighted by atomic mass is 9.81. The van der Waals surface area contributed by atoms with Crippen LogP contribution in [-0.2, 0) is 38.1 Å². The zero-order valence-corrected chi connectivity index (χ0v) is 15.7. The molecule has 1 spiro atoms. The van der Waals surface area contributed by atoms with Crippen LogP contribution in [0.5, 0.6) is 0 Å². The topological polar surface area (TPSA) is 108 Å². The number of hydrogen-bond acceptors (Lipinski definition) is 9. The molecule has 0 N–H and O–H groups in total. The van der Waals surface area contributed by atoms with Gasteiger partial charge in [-0.3, -0.25) is 9.69 Å². The molecule has 0 radical (unpaired) electrons. The van der Waals surface area contributed by atoms with Gasteiger partial charge in [-0.2, -0.15) is 0 Å². The molecule has 3 aliphatic heterocycles. The molecule has 0 aromatic carbocycles. The Labute approximate surface area is 156 Å². The van der Waals surface area contributed by atoms with Crippen LogP contribution in [0.25, 0.3) is 0 Å². The maximum atomic E-state index is 13.1. The maximum absolute atomic E-state index is 13.1. The number of piperidine rings is 1. The Morgan fingerprint density at radius 2 is 1.74 bits per heavy atom. The second-order valence-corrected chi connectivity index (χ2v) is 6.64. The molecule has 2 bridgehead atoms. The largest absolute Gasteiger partial charge is 0.466 e. The first-order chi connectivity index (χ1) is 12.9. The fourth-order valence-electron chi connectivity index (χ4n) is 4.23. The summed E-state index contributed by atoms with van der Waals surface area (Å²) in [7, 11) is 2.28. The molecule has 3 rings (SSSR count). The minimum absolute atomic E-state index is 0.0179. The number of Topliss-reactive ketones (excluding diaryl/α,β-unsaturated/α-hetero) is 1. The summed E-state index contributed by atoms with van der Waals surface area (Å²) in [5.41, 5.74) is -4.28. The Morgan fingerprint density at radius 1 is 1.07 bits per heavy atom. The molecule has 3 aliphatic rings. The number of hydrogen-bond donors (Lipinski definition) is 0. The van der Waals surface area contributed by atoms with E-state index >= 15 is 0 Å². The highest BCUT2D eigenvalue weighted by atomic mass is 16.6. The van der Waals surface area contributed by atoms with E-state index in [1.807, 2.05) is 4.90 Å². The van der Waals surface area contributed by atoms with Crippen molar-refractivity contribution in [2.45, 2.75) is 43.9 Å². The number of esters is 3. The highest BCUT2D eigenvalue weighted by Gasteiger charge is 2.70. The molecule has 0 aliphatic carbocycles. The van der Waals surface area contributed by atoms with Gasteiger partial charge in [-0.15, -0.1) is 0 Å². The van der Waals surface area contributed by atoms with Crippen LogP contribution in [0.4, 0.5) is 0 Å². The van der Waals surface area contributed by atoms with Crippen LogP contribution in [0.15, 0.2) is 11.1 Å². The third-order valence-electron chi connectivity index (χ3n) is 5.36. The number of nitrogens with zero attached hydrogens (tertiary/aromatic N) is 1. The first kappa shape index (κ1) is 19.5. The maximum Gasteiger partial charge on any atom is 0.351 e. The van der Waals surface area contributed by atoms with E-state index in [0.29, 0.717) is 25.9 Å². The summed E-state index contributed by atoms with van der Waals surface area (Å²) in [4.78, 5) is 53.2. The van der Waals surface area contributed by atoms with Crippen molar-refractivity contribution in [2.75, 3.05) is 33.9 Å². The minimum Gasteiger partial charge on any atom is -0.466 e. The van der Waals surface area contributed by atoms with Crippen LogP contribution < -0.4 is 0 Å². The lowest BCUT2D eigenvalue weighted by Gasteiger charge is -2.44. The molecule has 2 fully saturated rings. The predicted octanol–water partition coefficient (Wildman–Crippen LogP) is 0.116. The standard InChI is InChI=1S/C18H23NO8/c1-4-26-16(23)18-11(20)7-10-19-9-6-5-8-17(19,27-18)12(14(21)24-2)13(18)15(22)25-3/h4-10H2,1-3H3. The molecule has 0 saturated carbocycles. The van der Waals surface area contributed by atoms with Crippen molar-refractivity contribution < 1.29 is 38.1 Å². The van der Waals surface area contributed by atoms with Gasteiger partial charge >= 0.3 is 17.9 Å². The summed E-state index contributed by atoms with van der Waals surface area (Å²) >= 11 is 0. The Bertz CT molecular complexity index is 729. The molecular formula is C18H23NO8. The van der Waals surface area contributed by atoms with E-state index in [-0.39, 0.29) is 18.6 Å². The van der Waals surface area contributed by atoms with E-state index in [0.717, 1.165) is 13.5 Å². The Hall–Kier alpha value is -2.26. The fraction of sp³-hybridized carbons (Fsp3) is 0.667. The van der Waals surface area contributed by atoms with Gasteiger partial charge in [0, 0.05) is 19.5 Å². The van der Waals surface area contributed by atoms with Gasteiger partial charge in [-0.1, -0.05) is 0 Å². The van der Waals surface area contributed by atoms with Crippen molar-refractivity contribution in [1.29, 1.82) is 0 Å². The smallest absolute Gasteiger partial charge is 0.351 e. The molecule has 9 nitrogen and oxygen atoms in total. The molecule has 9 heteroatoms. The summed E-state index contributed by atoms with van der Waals surface area (Å²) in [6.45, 7) is 2.42. The average Bonchev–Trinajstić information content (AvgIpc) is 2.90. The number of methoxy groups -OCH3 is 2. The third-order valence-corrected chi connectivity index (χ3v) is 5.36.